The number of fused-ring (bicyclic) bond motifs is 1. The quantitative estimate of drug-likeness (QED) is 0.211. The van der Waals surface area contributed by atoms with Crippen molar-refractivity contribution in [2.75, 3.05) is 33.5 Å². The second kappa shape index (κ2) is 15.8. The van der Waals surface area contributed by atoms with E-state index in [4.69, 9.17) is 4.74 Å². The zero-order valence-corrected chi connectivity index (χ0v) is 25.4. The van der Waals surface area contributed by atoms with Gasteiger partial charge in [-0.3, -0.25) is 14.4 Å². The minimum absolute atomic E-state index is 0.00396. The smallest absolute Gasteiger partial charge is 0.410 e. The average Bonchev–Trinajstić information content (AvgIpc) is 3.41. The number of anilines is 1. The molecule has 3 aromatic heterocycles. The van der Waals surface area contributed by atoms with Gasteiger partial charge >= 0.3 is 6.09 Å². The van der Waals surface area contributed by atoms with Crippen LogP contribution >= 0.6 is 0 Å². The Morgan fingerprint density at radius 1 is 1.16 bits per heavy atom. The molecule has 13 nitrogen and oxygen atoms in total. The summed E-state index contributed by atoms with van der Waals surface area (Å²) in [5.41, 5.74) is 2.47. The Hall–Kier alpha value is -5.33. The summed E-state index contributed by atoms with van der Waals surface area (Å²) >= 11 is 0. The molecule has 3 amide bonds. The van der Waals surface area contributed by atoms with Gasteiger partial charge in [0.1, 0.15) is 23.4 Å². The van der Waals surface area contributed by atoms with Crippen molar-refractivity contribution in [3.05, 3.63) is 95.6 Å². The van der Waals surface area contributed by atoms with Gasteiger partial charge in [-0.25, -0.2) is 19.7 Å². The first-order chi connectivity index (χ1) is 21.0. The molecule has 3 rings (SSSR count). The van der Waals surface area contributed by atoms with Crippen LogP contribution in [0.4, 0.5) is 10.5 Å². The van der Waals surface area contributed by atoms with Gasteiger partial charge in [0.15, 0.2) is 11.8 Å². The number of hydrogen-bond acceptors (Lipinski definition) is 8. The van der Waals surface area contributed by atoms with Crippen LogP contribution in [0, 0.1) is 0 Å². The maximum atomic E-state index is 13.3. The first-order valence-electron chi connectivity index (χ1n) is 13.9. The summed E-state index contributed by atoms with van der Waals surface area (Å²) < 4.78 is 6.75. The molecule has 0 aromatic carbocycles. The summed E-state index contributed by atoms with van der Waals surface area (Å²) in [7, 11) is 6.23. The molecular formula is C31H38N8O5. The Morgan fingerprint density at radius 3 is 2.61 bits per heavy atom. The molecule has 0 fully saturated rings. The molecule has 13 heteroatoms. The average molecular weight is 603 g/mol. The predicted octanol–water partition coefficient (Wildman–Crippen LogP) is 3.22. The van der Waals surface area contributed by atoms with E-state index in [2.05, 4.69) is 38.4 Å². The van der Waals surface area contributed by atoms with Crippen molar-refractivity contribution >= 4 is 34.8 Å². The van der Waals surface area contributed by atoms with Gasteiger partial charge in [0.25, 0.3) is 11.5 Å². The Bertz CT molecular complexity index is 1630. The standard InChI is InChI=1S/C31H38N8O5/c1-7-12-21(8-2)16-17-22-27-28(33-20-32-22)36-25(35-27)19-39-18-11-13-23(30(39)42)34-29(41)24(44-31(43)38(5)6)14-9-10-15-26(40)37(3)4/h7-8,10-13,15,18,20,24H,1-2,9,14,16-17,19H2,3-6H3,(H,34,41)(H,32,33,35,36)/b15-10+,21-12+/t24-/m0/s1. The fourth-order valence-electron chi connectivity index (χ4n) is 4.04. The number of amides is 3. The molecule has 3 aromatic rings. The molecule has 3 heterocycles. The lowest BCUT2D eigenvalue weighted by molar-refractivity contribution is -0.125. The molecule has 232 valence electrons. The Morgan fingerprint density at radius 2 is 1.93 bits per heavy atom. The van der Waals surface area contributed by atoms with E-state index in [-0.39, 0.29) is 31.0 Å². The largest absolute Gasteiger partial charge is 0.436 e. The molecule has 0 bridgehead atoms. The van der Waals surface area contributed by atoms with Crippen LogP contribution in [-0.2, 0) is 27.3 Å². The van der Waals surface area contributed by atoms with Crippen LogP contribution in [0.5, 0.6) is 0 Å². The molecule has 0 aliphatic heterocycles. The van der Waals surface area contributed by atoms with Crippen molar-refractivity contribution in [3.8, 4) is 0 Å². The number of rotatable bonds is 14. The molecule has 0 unspecified atom stereocenters. The normalized spacial score (nSPS) is 12.1. The number of nitrogens with zero attached hydrogens (tertiary/aromatic N) is 6. The van der Waals surface area contributed by atoms with E-state index < -0.39 is 23.7 Å². The summed E-state index contributed by atoms with van der Waals surface area (Å²) in [4.78, 5) is 69.5. The van der Waals surface area contributed by atoms with Crippen molar-refractivity contribution in [1.29, 1.82) is 0 Å². The van der Waals surface area contributed by atoms with Crippen molar-refractivity contribution in [3.63, 3.8) is 0 Å². The lowest BCUT2D eigenvalue weighted by atomic mass is 10.1. The van der Waals surface area contributed by atoms with Crippen LogP contribution in [-0.4, -0.2) is 86.5 Å². The lowest BCUT2D eigenvalue weighted by Gasteiger charge is -2.19. The highest BCUT2D eigenvalue weighted by molar-refractivity contribution is 5.95. The van der Waals surface area contributed by atoms with Gasteiger partial charge in [0.2, 0.25) is 5.91 Å². The second-order valence-electron chi connectivity index (χ2n) is 10.2. The van der Waals surface area contributed by atoms with Crippen molar-refractivity contribution in [2.45, 2.75) is 38.3 Å². The first-order valence-corrected chi connectivity index (χ1v) is 13.9. The van der Waals surface area contributed by atoms with E-state index in [1.54, 1.807) is 44.6 Å². The zero-order chi connectivity index (χ0) is 32.2. The fraction of sp³-hybridized carbons (Fsp3) is 0.323. The summed E-state index contributed by atoms with van der Waals surface area (Å²) in [6.07, 6.45) is 11.2. The number of aryl methyl sites for hydroxylation is 1. The second-order valence-corrected chi connectivity index (χ2v) is 10.2. The SMILES string of the molecule is C=C/C=C(\C=C)CCc1ncnc2nc(Cn3cccc(NC(=O)[C@H](CC/C=C/C(=O)N(C)C)OC(=O)N(C)C)c3=O)[nH]c12. The minimum Gasteiger partial charge on any atom is -0.436 e. The molecule has 44 heavy (non-hydrogen) atoms. The van der Waals surface area contributed by atoms with Crippen LogP contribution in [0.15, 0.2) is 78.6 Å². The van der Waals surface area contributed by atoms with Crippen LogP contribution in [0.3, 0.4) is 0 Å². The molecule has 0 aliphatic carbocycles. The van der Waals surface area contributed by atoms with Crippen molar-refractivity contribution in [2.24, 2.45) is 0 Å². The number of likely N-dealkylation sites (N-methyl/N-ethyl adjacent to an activating group) is 1. The number of hydrogen-bond donors (Lipinski definition) is 2. The van der Waals surface area contributed by atoms with Gasteiger partial charge in [0.05, 0.1) is 12.2 Å². The number of carbonyl (C=O) groups is 3. The number of ether oxygens (including phenoxy) is 1. The molecule has 0 aliphatic rings. The van der Waals surface area contributed by atoms with E-state index in [0.717, 1.165) is 11.3 Å². The number of nitrogens with one attached hydrogen (secondary N) is 2. The van der Waals surface area contributed by atoms with Gasteiger partial charge < -0.3 is 29.4 Å². The molecule has 0 saturated heterocycles. The van der Waals surface area contributed by atoms with E-state index in [1.165, 1.54) is 46.9 Å². The van der Waals surface area contributed by atoms with E-state index in [1.807, 2.05) is 6.08 Å². The number of carbonyl (C=O) groups excluding carboxylic acids is 3. The van der Waals surface area contributed by atoms with Crippen LogP contribution in [0.1, 0.15) is 30.8 Å². The van der Waals surface area contributed by atoms with Crippen molar-refractivity contribution in [1.82, 2.24) is 34.3 Å². The Kier molecular flexibility index (Phi) is 11.9. The highest BCUT2D eigenvalue weighted by Crippen LogP contribution is 2.17. The van der Waals surface area contributed by atoms with Crippen LogP contribution in [0.2, 0.25) is 0 Å². The number of aromatic nitrogens is 5. The third kappa shape index (κ3) is 9.08. The summed E-state index contributed by atoms with van der Waals surface area (Å²) in [6, 6.07) is 3.08. The van der Waals surface area contributed by atoms with Gasteiger partial charge in [-0.1, -0.05) is 37.5 Å². The zero-order valence-electron chi connectivity index (χ0n) is 25.4. The third-order valence-corrected chi connectivity index (χ3v) is 6.46. The molecule has 1 atom stereocenters. The molecule has 0 radical (unpaired) electrons. The van der Waals surface area contributed by atoms with Gasteiger partial charge in [-0.2, -0.15) is 0 Å². The monoisotopic (exact) mass is 602 g/mol. The predicted molar refractivity (Wildman–Crippen MR) is 168 cm³/mol. The molecule has 0 saturated carbocycles. The van der Waals surface area contributed by atoms with Crippen molar-refractivity contribution < 1.29 is 19.1 Å². The summed E-state index contributed by atoms with van der Waals surface area (Å²) in [5.74, 6) is -0.401. The maximum Gasteiger partial charge on any atom is 0.410 e. The van der Waals surface area contributed by atoms with E-state index in [9.17, 15) is 19.2 Å². The Balaban J connectivity index is 1.77. The van der Waals surface area contributed by atoms with E-state index >= 15 is 0 Å². The highest BCUT2D eigenvalue weighted by atomic mass is 16.6. The topological polar surface area (TPSA) is 155 Å². The van der Waals surface area contributed by atoms with Gasteiger partial charge in [0, 0.05) is 34.4 Å². The van der Waals surface area contributed by atoms with E-state index in [0.29, 0.717) is 29.8 Å². The van der Waals surface area contributed by atoms with Gasteiger partial charge in [-0.05, 0) is 49.5 Å². The number of allylic oxidation sites excluding steroid dienone is 5. The number of imidazole rings is 1. The first kappa shape index (κ1) is 33.2. The highest BCUT2D eigenvalue weighted by Gasteiger charge is 2.24. The van der Waals surface area contributed by atoms with Crippen LogP contribution in [0.25, 0.3) is 11.2 Å². The number of aromatic amines is 1. The third-order valence-electron chi connectivity index (χ3n) is 6.46. The molecule has 2 N–H and O–H groups in total. The minimum atomic E-state index is -1.20. The number of H-pyrrole nitrogens is 1. The number of pyridine rings is 1. The fourth-order valence-corrected chi connectivity index (χ4v) is 4.04. The Labute approximate surface area is 255 Å². The summed E-state index contributed by atoms with van der Waals surface area (Å²) in [5, 5.41) is 2.59. The van der Waals surface area contributed by atoms with Gasteiger partial charge in [-0.15, -0.1) is 0 Å². The maximum absolute atomic E-state index is 13.3. The molecular weight excluding hydrogens is 564 g/mol. The van der Waals surface area contributed by atoms with Crippen LogP contribution < -0.4 is 10.9 Å². The summed E-state index contributed by atoms with van der Waals surface area (Å²) in [6.45, 7) is 7.63. The molecule has 0 spiro atoms. The lowest BCUT2D eigenvalue weighted by Crippen LogP contribution is -2.37.